The lowest BCUT2D eigenvalue weighted by molar-refractivity contribution is -0.137. The molecular weight excluding hydrogens is 164 g/mol. The van der Waals surface area contributed by atoms with Gasteiger partial charge in [-0.15, -0.1) is 0 Å². The lowest BCUT2D eigenvalue weighted by Gasteiger charge is -2.00. The van der Waals surface area contributed by atoms with E-state index < -0.39 is 0 Å². The maximum atomic E-state index is 11.0. The van der Waals surface area contributed by atoms with Crippen molar-refractivity contribution in [3.8, 4) is 0 Å². The number of ether oxygens (including phenoxy) is 1. The van der Waals surface area contributed by atoms with Gasteiger partial charge in [0.2, 0.25) is 0 Å². The van der Waals surface area contributed by atoms with Crippen molar-refractivity contribution in [2.24, 2.45) is 5.92 Å². The van der Waals surface area contributed by atoms with Crippen LogP contribution < -0.4 is 0 Å². The van der Waals surface area contributed by atoms with E-state index in [0.29, 0.717) is 12.5 Å². The molecule has 0 saturated heterocycles. The molecule has 0 atom stereocenters. The van der Waals surface area contributed by atoms with E-state index >= 15 is 0 Å². The fourth-order valence-corrected chi connectivity index (χ4v) is 1.62. The van der Waals surface area contributed by atoms with Crippen molar-refractivity contribution in [3.63, 3.8) is 0 Å². The van der Waals surface area contributed by atoms with E-state index in [1.807, 2.05) is 13.0 Å². The van der Waals surface area contributed by atoms with Gasteiger partial charge >= 0.3 is 5.97 Å². The summed E-state index contributed by atoms with van der Waals surface area (Å²) in [5.74, 6) is 0.433. The topological polar surface area (TPSA) is 26.3 Å². The summed E-state index contributed by atoms with van der Waals surface area (Å²) in [6.07, 6.45) is 9.56. The number of hydrogen-bond acceptors (Lipinski definition) is 2. The molecule has 0 heterocycles. The summed E-state index contributed by atoms with van der Waals surface area (Å²) in [5.41, 5.74) is 0. The Morgan fingerprint density at radius 1 is 1.46 bits per heavy atom. The van der Waals surface area contributed by atoms with Crippen LogP contribution in [-0.2, 0) is 9.53 Å². The molecule has 0 aromatic rings. The van der Waals surface area contributed by atoms with Gasteiger partial charge in [0.1, 0.15) is 0 Å². The third-order valence-corrected chi connectivity index (χ3v) is 2.35. The Kier molecular flexibility index (Phi) is 4.58. The van der Waals surface area contributed by atoms with Crippen molar-refractivity contribution >= 4 is 5.97 Å². The fraction of sp³-hybridized carbons (Fsp3) is 0.727. The van der Waals surface area contributed by atoms with Gasteiger partial charge in [0.25, 0.3) is 0 Å². The molecule has 13 heavy (non-hydrogen) atoms. The van der Waals surface area contributed by atoms with Crippen LogP contribution in [0.2, 0.25) is 0 Å². The van der Waals surface area contributed by atoms with E-state index in [-0.39, 0.29) is 5.97 Å². The Morgan fingerprint density at radius 3 is 2.77 bits per heavy atom. The van der Waals surface area contributed by atoms with Crippen molar-refractivity contribution in [1.82, 2.24) is 0 Å². The summed E-state index contributed by atoms with van der Waals surface area (Å²) >= 11 is 0. The lowest BCUT2D eigenvalue weighted by Crippen LogP contribution is -2.01. The summed E-state index contributed by atoms with van der Waals surface area (Å²) in [6, 6.07) is 0. The van der Waals surface area contributed by atoms with E-state index in [4.69, 9.17) is 4.74 Å². The number of hydrogen-bond donors (Lipinski definition) is 0. The second kappa shape index (κ2) is 5.79. The van der Waals surface area contributed by atoms with Crippen molar-refractivity contribution < 1.29 is 9.53 Å². The number of allylic oxidation sites excluding steroid dienone is 1. The molecular formula is C11H18O2. The predicted octanol–water partition coefficient (Wildman–Crippen LogP) is 2.69. The molecule has 1 aliphatic carbocycles. The molecule has 1 fully saturated rings. The summed E-state index contributed by atoms with van der Waals surface area (Å²) in [7, 11) is 0. The second-order valence-electron chi connectivity index (χ2n) is 3.57. The van der Waals surface area contributed by atoms with E-state index in [1.54, 1.807) is 6.08 Å². The Hall–Kier alpha value is -0.790. The summed E-state index contributed by atoms with van der Waals surface area (Å²) < 4.78 is 4.93. The molecule has 0 amide bonds. The minimum absolute atomic E-state index is 0.186. The second-order valence-corrected chi connectivity index (χ2v) is 3.57. The molecule has 0 spiro atoms. The quantitative estimate of drug-likeness (QED) is 0.493. The minimum Gasteiger partial charge on any atom is -0.463 e. The van der Waals surface area contributed by atoms with Gasteiger partial charge < -0.3 is 4.74 Å². The van der Waals surface area contributed by atoms with Gasteiger partial charge in [-0.05, 0) is 25.2 Å². The van der Waals surface area contributed by atoms with Gasteiger partial charge in [0, 0.05) is 6.08 Å². The van der Waals surface area contributed by atoms with Crippen LogP contribution in [-0.4, -0.2) is 12.6 Å². The molecule has 74 valence electrons. The van der Waals surface area contributed by atoms with Gasteiger partial charge in [-0.3, -0.25) is 0 Å². The maximum Gasteiger partial charge on any atom is 0.330 e. The van der Waals surface area contributed by atoms with Gasteiger partial charge in [0.05, 0.1) is 6.61 Å². The monoisotopic (exact) mass is 182 g/mol. The predicted molar refractivity (Wildman–Crippen MR) is 52.3 cm³/mol. The van der Waals surface area contributed by atoms with Crippen molar-refractivity contribution in [2.75, 3.05) is 6.61 Å². The van der Waals surface area contributed by atoms with E-state index in [2.05, 4.69) is 0 Å². The Labute approximate surface area is 80.0 Å². The molecule has 1 rings (SSSR count). The molecule has 0 bridgehead atoms. The van der Waals surface area contributed by atoms with Gasteiger partial charge in [-0.25, -0.2) is 4.79 Å². The first-order valence-electron chi connectivity index (χ1n) is 5.18. The summed E-state index contributed by atoms with van der Waals surface area (Å²) in [4.78, 5) is 11.0. The van der Waals surface area contributed by atoms with Crippen molar-refractivity contribution in [1.29, 1.82) is 0 Å². The average Bonchev–Trinajstić information content (AvgIpc) is 2.64. The van der Waals surface area contributed by atoms with Crippen LogP contribution >= 0.6 is 0 Å². The maximum absolute atomic E-state index is 11.0. The van der Waals surface area contributed by atoms with Crippen molar-refractivity contribution in [3.05, 3.63) is 12.2 Å². The van der Waals surface area contributed by atoms with Crippen LogP contribution in [0.3, 0.4) is 0 Å². The smallest absolute Gasteiger partial charge is 0.330 e. The number of carbonyl (C=O) groups is 1. The zero-order chi connectivity index (χ0) is 9.52. The largest absolute Gasteiger partial charge is 0.463 e. The molecule has 2 nitrogen and oxygen atoms in total. The summed E-state index contributed by atoms with van der Waals surface area (Å²) in [6.45, 7) is 2.53. The van der Waals surface area contributed by atoms with Crippen LogP contribution in [0.4, 0.5) is 0 Å². The first-order chi connectivity index (χ1) is 6.33. The Morgan fingerprint density at radius 2 is 2.15 bits per heavy atom. The van der Waals surface area contributed by atoms with Crippen molar-refractivity contribution in [2.45, 2.75) is 39.0 Å². The van der Waals surface area contributed by atoms with Gasteiger partial charge in [-0.2, -0.15) is 0 Å². The van der Waals surface area contributed by atoms with Crippen LogP contribution in [0, 0.1) is 5.92 Å². The van der Waals surface area contributed by atoms with Gasteiger partial charge in [-0.1, -0.05) is 25.8 Å². The minimum atomic E-state index is -0.186. The van der Waals surface area contributed by atoms with Crippen LogP contribution in [0.5, 0.6) is 0 Å². The third-order valence-electron chi connectivity index (χ3n) is 2.35. The molecule has 0 aliphatic heterocycles. The first-order valence-corrected chi connectivity index (χ1v) is 5.18. The molecule has 2 heteroatoms. The summed E-state index contributed by atoms with van der Waals surface area (Å²) in [5, 5.41) is 0. The molecule has 0 radical (unpaired) electrons. The number of carbonyl (C=O) groups excluding carboxylic acids is 1. The number of esters is 1. The van der Waals surface area contributed by atoms with Crippen LogP contribution in [0.1, 0.15) is 39.0 Å². The molecule has 0 aromatic heterocycles. The average molecular weight is 182 g/mol. The Bertz CT molecular complexity index is 179. The highest BCUT2D eigenvalue weighted by molar-refractivity contribution is 5.81. The molecule has 0 aromatic carbocycles. The van der Waals surface area contributed by atoms with Crippen LogP contribution in [0.25, 0.3) is 0 Å². The molecule has 1 saturated carbocycles. The number of rotatable bonds is 4. The van der Waals surface area contributed by atoms with Crippen LogP contribution in [0.15, 0.2) is 12.2 Å². The highest BCUT2D eigenvalue weighted by Gasteiger charge is 2.11. The van der Waals surface area contributed by atoms with E-state index in [9.17, 15) is 4.79 Å². The molecule has 0 N–H and O–H groups in total. The third kappa shape index (κ3) is 4.11. The highest BCUT2D eigenvalue weighted by atomic mass is 16.5. The fourth-order valence-electron chi connectivity index (χ4n) is 1.62. The Balaban J connectivity index is 2.17. The lowest BCUT2D eigenvalue weighted by atomic mass is 10.1. The van der Waals surface area contributed by atoms with E-state index in [1.165, 1.54) is 25.7 Å². The zero-order valence-corrected chi connectivity index (χ0v) is 8.29. The highest BCUT2D eigenvalue weighted by Crippen LogP contribution is 2.25. The molecule has 0 unspecified atom stereocenters. The van der Waals surface area contributed by atoms with E-state index in [0.717, 1.165) is 6.42 Å². The normalized spacial score (nSPS) is 18.2. The standard InChI is InChI=1S/C11H18O2/c1-2-9-13-11(12)8-7-10-5-3-4-6-10/h7-8,10H,2-6,9H2,1H3/b8-7+. The first kappa shape index (κ1) is 10.3. The van der Waals surface area contributed by atoms with Gasteiger partial charge in [0.15, 0.2) is 0 Å². The molecule has 1 aliphatic rings. The zero-order valence-electron chi connectivity index (χ0n) is 8.29. The SMILES string of the molecule is CCCOC(=O)/C=C/C1CCCC1.